The van der Waals surface area contributed by atoms with Crippen LogP contribution < -0.4 is 0 Å². The molecule has 2 heterocycles. The van der Waals surface area contributed by atoms with Crippen LogP contribution in [0.15, 0.2) is 18.3 Å². The van der Waals surface area contributed by atoms with Crippen molar-refractivity contribution >= 4 is 29.3 Å². The second kappa shape index (κ2) is 5.02. The van der Waals surface area contributed by atoms with Gasteiger partial charge in [-0.25, -0.2) is 0 Å². The minimum absolute atomic E-state index is 0.0717. The second-order valence-electron chi connectivity index (χ2n) is 4.48. The molecule has 2 nitrogen and oxygen atoms in total. The van der Waals surface area contributed by atoms with Crippen molar-refractivity contribution in [3.8, 4) is 0 Å². The topological polar surface area (TPSA) is 30.0 Å². The van der Waals surface area contributed by atoms with Gasteiger partial charge in [0.25, 0.3) is 0 Å². The number of aryl methyl sites for hydroxylation is 1. The molecule has 0 spiro atoms. The van der Waals surface area contributed by atoms with E-state index in [0.29, 0.717) is 5.78 Å². The minimum atomic E-state index is 0.0717. The fraction of sp³-hybridized carbons (Fsp3) is 0.538. The zero-order valence-corrected chi connectivity index (χ0v) is 11.2. The van der Waals surface area contributed by atoms with Crippen molar-refractivity contribution in [2.75, 3.05) is 17.3 Å². The Bertz CT molecular complexity index is 429. The van der Waals surface area contributed by atoms with E-state index < -0.39 is 0 Å². The average molecular weight is 265 g/mol. The van der Waals surface area contributed by atoms with Gasteiger partial charge in [-0.15, -0.1) is 11.8 Å². The predicted molar refractivity (Wildman–Crippen MR) is 73.9 cm³/mol. The van der Waals surface area contributed by atoms with Gasteiger partial charge in [-0.05, 0) is 24.5 Å². The Kier molecular flexibility index (Phi) is 3.43. The molecular formula is C13H15NOS2. The lowest BCUT2D eigenvalue weighted by Crippen LogP contribution is -2.28. The number of rotatable bonds is 2. The maximum Gasteiger partial charge on any atom is 0.155 e. The summed E-state index contributed by atoms with van der Waals surface area (Å²) in [5.74, 6) is 3.78. The van der Waals surface area contributed by atoms with E-state index in [1.807, 2.05) is 35.8 Å². The van der Waals surface area contributed by atoms with E-state index in [-0.39, 0.29) is 11.2 Å². The third kappa shape index (κ3) is 2.25. The molecule has 0 radical (unpaired) electrons. The number of thioether (sulfide) groups is 2. The van der Waals surface area contributed by atoms with Crippen molar-refractivity contribution < 1.29 is 4.79 Å². The molecule has 1 fully saturated rings. The lowest BCUT2D eigenvalue weighted by atomic mass is 9.99. The molecule has 1 aliphatic heterocycles. The summed E-state index contributed by atoms with van der Waals surface area (Å²) in [4.78, 5) is 16.9. The number of hydrogen-bond acceptors (Lipinski definition) is 4. The highest BCUT2D eigenvalue weighted by molar-refractivity contribution is 8.07. The van der Waals surface area contributed by atoms with Crippen LogP contribution in [-0.4, -0.2) is 33.3 Å². The van der Waals surface area contributed by atoms with Crippen LogP contribution in [-0.2, 0) is 11.2 Å². The summed E-state index contributed by atoms with van der Waals surface area (Å²) in [6.07, 6.45) is 3.80. The van der Waals surface area contributed by atoms with Crippen molar-refractivity contribution in [2.24, 2.45) is 0 Å². The third-order valence-corrected chi connectivity index (χ3v) is 6.21. The molecule has 3 rings (SSSR count). The number of fused-ring (bicyclic) bond motifs is 1. The lowest BCUT2D eigenvalue weighted by Gasteiger charge is -2.22. The van der Waals surface area contributed by atoms with Gasteiger partial charge >= 0.3 is 0 Å². The van der Waals surface area contributed by atoms with Crippen LogP contribution in [0.4, 0.5) is 0 Å². The molecule has 2 atom stereocenters. The fourth-order valence-electron chi connectivity index (χ4n) is 2.57. The maximum absolute atomic E-state index is 12.5. The van der Waals surface area contributed by atoms with Crippen LogP contribution in [0.25, 0.3) is 0 Å². The Morgan fingerprint density at radius 1 is 1.41 bits per heavy atom. The number of aromatic nitrogens is 1. The molecule has 0 aromatic carbocycles. The summed E-state index contributed by atoms with van der Waals surface area (Å²) in [6, 6.07) is 4.08. The molecule has 1 aromatic rings. The summed E-state index contributed by atoms with van der Waals surface area (Å²) in [5, 5.41) is 0.201. The lowest BCUT2D eigenvalue weighted by molar-refractivity contribution is -0.119. The molecule has 17 heavy (non-hydrogen) atoms. The van der Waals surface area contributed by atoms with Crippen LogP contribution in [0.2, 0.25) is 0 Å². The van der Waals surface area contributed by atoms with Gasteiger partial charge in [-0.1, -0.05) is 6.07 Å². The van der Waals surface area contributed by atoms with Gasteiger partial charge in [0.15, 0.2) is 5.78 Å². The molecule has 1 aliphatic carbocycles. The van der Waals surface area contributed by atoms with E-state index in [1.54, 1.807) is 0 Å². The quantitative estimate of drug-likeness (QED) is 0.822. The van der Waals surface area contributed by atoms with Crippen molar-refractivity contribution in [1.29, 1.82) is 0 Å². The Morgan fingerprint density at radius 2 is 2.35 bits per heavy atom. The number of carbonyl (C=O) groups is 1. The minimum Gasteiger partial charge on any atom is -0.298 e. The number of ketones is 1. The molecule has 0 amide bonds. The van der Waals surface area contributed by atoms with Crippen LogP contribution in [0.5, 0.6) is 0 Å². The van der Waals surface area contributed by atoms with Crippen molar-refractivity contribution in [2.45, 2.75) is 24.0 Å². The fourth-order valence-corrected chi connectivity index (χ4v) is 5.25. The van der Waals surface area contributed by atoms with Gasteiger partial charge in [0.05, 0.1) is 16.9 Å². The summed E-state index contributed by atoms with van der Waals surface area (Å²) < 4.78 is 0. The van der Waals surface area contributed by atoms with Crippen molar-refractivity contribution in [3.05, 3.63) is 29.6 Å². The first-order valence-corrected chi connectivity index (χ1v) is 8.23. The van der Waals surface area contributed by atoms with E-state index in [2.05, 4.69) is 11.1 Å². The van der Waals surface area contributed by atoms with E-state index >= 15 is 0 Å². The van der Waals surface area contributed by atoms with Crippen LogP contribution in [0.3, 0.4) is 0 Å². The van der Waals surface area contributed by atoms with E-state index in [1.165, 1.54) is 11.3 Å². The van der Waals surface area contributed by atoms with Gasteiger partial charge in [-0.2, -0.15) is 11.8 Å². The van der Waals surface area contributed by atoms with E-state index in [4.69, 9.17) is 0 Å². The zero-order valence-electron chi connectivity index (χ0n) is 9.59. The highest BCUT2D eigenvalue weighted by atomic mass is 32.2. The SMILES string of the molecule is O=C(C1CSCCS1)C1CCc2cccnc21. The highest BCUT2D eigenvalue weighted by Gasteiger charge is 2.34. The van der Waals surface area contributed by atoms with Gasteiger partial charge in [0.1, 0.15) is 0 Å². The Hall–Kier alpha value is -0.480. The highest BCUT2D eigenvalue weighted by Crippen LogP contribution is 2.36. The van der Waals surface area contributed by atoms with E-state index in [0.717, 1.165) is 30.0 Å². The molecule has 90 valence electrons. The van der Waals surface area contributed by atoms with Crippen molar-refractivity contribution in [1.82, 2.24) is 4.98 Å². The van der Waals surface area contributed by atoms with Crippen LogP contribution in [0.1, 0.15) is 23.6 Å². The van der Waals surface area contributed by atoms with Gasteiger partial charge in [-0.3, -0.25) is 9.78 Å². The average Bonchev–Trinajstić information content (AvgIpc) is 2.83. The summed E-state index contributed by atoms with van der Waals surface area (Å²) in [6.45, 7) is 0. The molecule has 2 unspecified atom stereocenters. The van der Waals surface area contributed by atoms with Gasteiger partial charge < -0.3 is 0 Å². The molecular weight excluding hydrogens is 250 g/mol. The van der Waals surface area contributed by atoms with Crippen LogP contribution in [0, 0.1) is 0 Å². The summed E-state index contributed by atoms with van der Waals surface area (Å²) in [7, 11) is 0. The van der Waals surface area contributed by atoms with Gasteiger partial charge in [0.2, 0.25) is 0 Å². The number of nitrogens with zero attached hydrogens (tertiary/aromatic N) is 1. The normalized spacial score (nSPS) is 27.8. The molecule has 1 aromatic heterocycles. The molecule has 1 saturated heterocycles. The first-order chi connectivity index (χ1) is 8.36. The molecule has 2 aliphatic rings. The van der Waals surface area contributed by atoms with E-state index in [9.17, 15) is 4.79 Å². The summed E-state index contributed by atoms with van der Waals surface area (Å²) >= 11 is 3.74. The number of Topliss-reactive ketones (excluding diaryl/α,β-unsaturated/α-hetero) is 1. The molecule has 0 bridgehead atoms. The maximum atomic E-state index is 12.5. The number of hydrogen-bond donors (Lipinski definition) is 0. The zero-order chi connectivity index (χ0) is 11.7. The third-order valence-electron chi connectivity index (χ3n) is 3.44. The first kappa shape index (κ1) is 11.6. The Morgan fingerprint density at radius 3 is 3.18 bits per heavy atom. The largest absolute Gasteiger partial charge is 0.298 e. The first-order valence-electron chi connectivity index (χ1n) is 6.03. The molecule has 4 heteroatoms. The molecule has 0 N–H and O–H groups in total. The monoisotopic (exact) mass is 265 g/mol. The smallest absolute Gasteiger partial charge is 0.155 e. The predicted octanol–water partition coefficient (Wildman–Crippen LogP) is 2.53. The Balaban J connectivity index is 1.79. The molecule has 0 saturated carbocycles. The number of pyridine rings is 1. The summed E-state index contributed by atoms with van der Waals surface area (Å²) in [5.41, 5.74) is 2.33. The van der Waals surface area contributed by atoms with Crippen LogP contribution >= 0.6 is 23.5 Å². The van der Waals surface area contributed by atoms with Crippen molar-refractivity contribution in [3.63, 3.8) is 0 Å². The second-order valence-corrected chi connectivity index (χ2v) is 6.94. The van der Waals surface area contributed by atoms with Gasteiger partial charge in [0, 0.05) is 23.5 Å². The standard InChI is InChI=1S/C13H15NOS2/c15-13(11-8-16-6-7-17-11)10-4-3-9-2-1-5-14-12(9)10/h1-2,5,10-11H,3-4,6-8H2. The Labute approximate surface area is 110 Å². The number of carbonyl (C=O) groups excluding carboxylic acids is 1.